The van der Waals surface area contributed by atoms with E-state index in [1.54, 1.807) is 24.4 Å². The maximum absolute atomic E-state index is 12.4. The number of nitrogens with zero attached hydrogens (tertiary/aromatic N) is 2. The van der Waals surface area contributed by atoms with Crippen LogP contribution in [0.1, 0.15) is 29.8 Å². The zero-order valence-corrected chi connectivity index (χ0v) is 14.1. The van der Waals surface area contributed by atoms with E-state index in [1.165, 1.54) is 19.3 Å². The second-order valence-electron chi connectivity index (χ2n) is 5.53. The van der Waals surface area contributed by atoms with Gasteiger partial charge in [0.15, 0.2) is 0 Å². The van der Waals surface area contributed by atoms with E-state index in [0.29, 0.717) is 21.4 Å². The Bertz CT molecular complexity index is 715. The highest BCUT2D eigenvalue weighted by Crippen LogP contribution is 2.26. The first kappa shape index (κ1) is 16.1. The maximum Gasteiger partial charge on any atom is 0.274 e. The number of hydrogen-bond donors (Lipinski definition) is 1. The van der Waals surface area contributed by atoms with Crippen molar-refractivity contribution in [2.75, 3.05) is 23.3 Å². The number of amides is 1. The zero-order valence-electron chi connectivity index (χ0n) is 12.6. The molecule has 0 radical (unpaired) electrons. The lowest BCUT2D eigenvalue weighted by molar-refractivity contribution is 0.102. The number of nitrogens with one attached hydrogen (secondary N) is 1. The van der Waals surface area contributed by atoms with Crippen molar-refractivity contribution in [3.05, 3.63) is 52.3 Å². The average Bonchev–Trinajstić information content (AvgIpc) is 2.59. The first-order valence-electron chi connectivity index (χ1n) is 7.61. The van der Waals surface area contributed by atoms with Crippen LogP contribution >= 0.6 is 23.2 Å². The highest BCUT2D eigenvalue weighted by Gasteiger charge is 2.15. The lowest BCUT2D eigenvalue weighted by Gasteiger charge is -2.28. The van der Waals surface area contributed by atoms with Gasteiger partial charge in [0.05, 0.1) is 10.7 Å². The summed E-state index contributed by atoms with van der Waals surface area (Å²) in [6, 6.07) is 8.70. The fraction of sp³-hybridized carbons (Fsp3) is 0.294. The van der Waals surface area contributed by atoms with Crippen molar-refractivity contribution in [1.82, 2.24) is 4.98 Å². The van der Waals surface area contributed by atoms with Crippen LogP contribution in [0.5, 0.6) is 0 Å². The first-order valence-corrected chi connectivity index (χ1v) is 8.36. The van der Waals surface area contributed by atoms with Crippen LogP contribution in [0.4, 0.5) is 11.4 Å². The van der Waals surface area contributed by atoms with Crippen LogP contribution in [0.25, 0.3) is 0 Å². The van der Waals surface area contributed by atoms with Crippen LogP contribution in [0.2, 0.25) is 10.0 Å². The predicted molar refractivity (Wildman–Crippen MR) is 94.7 cm³/mol. The molecule has 0 unspecified atom stereocenters. The van der Waals surface area contributed by atoms with Gasteiger partial charge >= 0.3 is 0 Å². The number of aromatic nitrogens is 1. The van der Waals surface area contributed by atoms with E-state index in [1.807, 2.05) is 12.1 Å². The number of benzene rings is 1. The van der Waals surface area contributed by atoms with Crippen molar-refractivity contribution in [1.29, 1.82) is 0 Å². The van der Waals surface area contributed by atoms with E-state index in [0.717, 1.165) is 18.8 Å². The summed E-state index contributed by atoms with van der Waals surface area (Å²) in [6.45, 7) is 2.04. The Hall–Kier alpha value is -1.78. The molecule has 0 spiro atoms. The van der Waals surface area contributed by atoms with E-state index >= 15 is 0 Å². The van der Waals surface area contributed by atoms with Gasteiger partial charge in [0.25, 0.3) is 5.91 Å². The van der Waals surface area contributed by atoms with Gasteiger partial charge in [0.1, 0.15) is 5.69 Å². The van der Waals surface area contributed by atoms with Crippen molar-refractivity contribution in [2.24, 2.45) is 0 Å². The topological polar surface area (TPSA) is 45.2 Å². The highest BCUT2D eigenvalue weighted by molar-refractivity contribution is 6.35. The van der Waals surface area contributed by atoms with Crippen LogP contribution < -0.4 is 10.2 Å². The summed E-state index contributed by atoms with van der Waals surface area (Å²) < 4.78 is 0. The largest absolute Gasteiger partial charge is 0.371 e. The normalized spacial score (nSPS) is 14.6. The molecule has 6 heteroatoms. The van der Waals surface area contributed by atoms with E-state index in [2.05, 4.69) is 15.2 Å². The van der Waals surface area contributed by atoms with E-state index in [4.69, 9.17) is 23.2 Å². The molecule has 120 valence electrons. The number of anilines is 2. The molecule has 1 saturated heterocycles. The third-order valence-corrected chi connectivity index (χ3v) is 4.44. The van der Waals surface area contributed by atoms with Gasteiger partial charge in [-0.05, 0) is 49.6 Å². The SMILES string of the molecule is O=C(Nc1cc(Cl)ccc1Cl)c1cc(N2CCCCC2)ccn1. The Labute approximate surface area is 145 Å². The Kier molecular flexibility index (Phi) is 5.03. The smallest absolute Gasteiger partial charge is 0.274 e. The van der Waals surface area contributed by atoms with Gasteiger partial charge in [-0.1, -0.05) is 23.2 Å². The first-order chi connectivity index (χ1) is 11.1. The molecule has 1 aromatic carbocycles. The van der Waals surface area contributed by atoms with Crippen LogP contribution in [0, 0.1) is 0 Å². The molecule has 0 saturated carbocycles. The predicted octanol–water partition coefficient (Wildman–Crippen LogP) is 4.63. The van der Waals surface area contributed by atoms with Gasteiger partial charge in [-0.15, -0.1) is 0 Å². The fourth-order valence-electron chi connectivity index (χ4n) is 2.67. The van der Waals surface area contributed by atoms with Gasteiger partial charge in [0, 0.05) is 30.0 Å². The summed E-state index contributed by atoms with van der Waals surface area (Å²) in [5.74, 6) is -0.298. The van der Waals surface area contributed by atoms with E-state index in [9.17, 15) is 4.79 Å². The molecule has 0 atom stereocenters. The Morgan fingerprint density at radius 3 is 2.65 bits per heavy atom. The number of carbonyl (C=O) groups excluding carboxylic acids is 1. The zero-order chi connectivity index (χ0) is 16.2. The number of halogens is 2. The Morgan fingerprint density at radius 2 is 1.87 bits per heavy atom. The molecule has 4 nitrogen and oxygen atoms in total. The molecule has 1 aliphatic heterocycles. The molecule has 1 aromatic heterocycles. The van der Waals surface area contributed by atoms with Gasteiger partial charge in [-0.25, -0.2) is 0 Å². The van der Waals surface area contributed by atoms with Gasteiger partial charge in [-0.3, -0.25) is 9.78 Å². The number of rotatable bonds is 3. The van der Waals surface area contributed by atoms with Crippen LogP contribution in [-0.4, -0.2) is 24.0 Å². The molecule has 23 heavy (non-hydrogen) atoms. The molecular weight excluding hydrogens is 333 g/mol. The van der Waals surface area contributed by atoms with Gasteiger partial charge in [-0.2, -0.15) is 0 Å². The molecule has 0 bridgehead atoms. The molecule has 1 N–H and O–H groups in total. The number of carbonyl (C=O) groups is 1. The van der Waals surface area contributed by atoms with Crippen molar-refractivity contribution < 1.29 is 4.79 Å². The summed E-state index contributed by atoms with van der Waals surface area (Å²) in [5, 5.41) is 3.71. The van der Waals surface area contributed by atoms with Crippen LogP contribution in [0.3, 0.4) is 0 Å². The summed E-state index contributed by atoms with van der Waals surface area (Å²) in [7, 11) is 0. The molecule has 2 heterocycles. The van der Waals surface area contributed by atoms with Crippen molar-refractivity contribution in [2.45, 2.75) is 19.3 Å². The Balaban J connectivity index is 1.78. The average molecular weight is 350 g/mol. The molecule has 1 amide bonds. The summed E-state index contributed by atoms with van der Waals surface area (Å²) in [4.78, 5) is 18.9. The summed E-state index contributed by atoms with van der Waals surface area (Å²) >= 11 is 12.0. The lowest BCUT2D eigenvalue weighted by Crippen LogP contribution is -2.29. The highest BCUT2D eigenvalue weighted by atomic mass is 35.5. The van der Waals surface area contributed by atoms with E-state index < -0.39 is 0 Å². The number of pyridine rings is 1. The standard InChI is InChI=1S/C17H17Cl2N3O/c18-12-4-5-14(19)15(10-12)21-17(23)16-11-13(6-7-20-16)22-8-2-1-3-9-22/h4-7,10-11H,1-3,8-9H2,(H,21,23). The number of hydrogen-bond acceptors (Lipinski definition) is 3. The molecule has 1 fully saturated rings. The summed E-state index contributed by atoms with van der Waals surface area (Å²) in [5.41, 5.74) is 1.88. The minimum absolute atomic E-state index is 0.298. The third-order valence-electron chi connectivity index (χ3n) is 3.87. The van der Waals surface area contributed by atoms with Gasteiger partial charge < -0.3 is 10.2 Å². The van der Waals surface area contributed by atoms with E-state index in [-0.39, 0.29) is 5.91 Å². The van der Waals surface area contributed by atoms with Crippen molar-refractivity contribution >= 4 is 40.5 Å². The minimum atomic E-state index is -0.298. The fourth-order valence-corrected chi connectivity index (χ4v) is 3.01. The quantitative estimate of drug-likeness (QED) is 0.878. The van der Waals surface area contributed by atoms with Crippen LogP contribution in [-0.2, 0) is 0 Å². The second kappa shape index (κ2) is 7.20. The van der Waals surface area contributed by atoms with Crippen molar-refractivity contribution in [3.8, 4) is 0 Å². The maximum atomic E-state index is 12.4. The molecule has 0 aliphatic carbocycles. The monoisotopic (exact) mass is 349 g/mol. The molecule has 2 aromatic rings. The number of piperidine rings is 1. The molecule has 3 rings (SSSR count). The lowest BCUT2D eigenvalue weighted by atomic mass is 10.1. The third kappa shape index (κ3) is 3.95. The summed E-state index contributed by atoms with van der Waals surface area (Å²) in [6.07, 6.45) is 5.30. The Morgan fingerprint density at radius 1 is 1.09 bits per heavy atom. The van der Waals surface area contributed by atoms with Crippen LogP contribution in [0.15, 0.2) is 36.5 Å². The second-order valence-corrected chi connectivity index (χ2v) is 6.37. The van der Waals surface area contributed by atoms with Gasteiger partial charge in [0.2, 0.25) is 0 Å². The molecule has 1 aliphatic rings. The minimum Gasteiger partial charge on any atom is -0.371 e. The van der Waals surface area contributed by atoms with Crippen molar-refractivity contribution in [3.63, 3.8) is 0 Å². The molecular formula is C17H17Cl2N3O.